The fourth-order valence-electron chi connectivity index (χ4n) is 5.78. The van der Waals surface area contributed by atoms with E-state index in [1.54, 1.807) is 19.9 Å². The van der Waals surface area contributed by atoms with Crippen LogP contribution in [0.25, 0.3) is 11.3 Å². The van der Waals surface area contributed by atoms with Gasteiger partial charge in [-0.05, 0) is 50.5 Å². The summed E-state index contributed by atoms with van der Waals surface area (Å²) in [7, 11) is 1.35. The van der Waals surface area contributed by atoms with Crippen molar-refractivity contribution in [3.63, 3.8) is 0 Å². The van der Waals surface area contributed by atoms with E-state index in [9.17, 15) is 37.3 Å². The molecule has 1 aliphatic carbocycles. The topological polar surface area (TPSA) is 123 Å². The maximum absolute atomic E-state index is 14.2. The van der Waals surface area contributed by atoms with E-state index < -0.39 is 83.5 Å². The summed E-state index contributed by atoms with van der Waals surface area (Å²) >= 11 is 1.08. The van der Waals surface area contributed by atoms with E-state index in [0.29, 0.717) is 11.4 Å². The Morgan fingerprint density at radius 1 is 1.11 bits per heavy atom. The summed E-state index contributed by atoms with van der Waals surface area (Å²) in [4.78, 5) is 4.66. The molecule has 44 heavy (non-hydrogen) atoms. The zero-order chi connectivity index (χ0) is 32.0. The molecule has 1 saturated carbocycles. The highest BCUT2D eigenvalue weighted by atomic mass is 32.2. The average molecular weight is 645 g/mol. The van der Waals surface area contributed by atoms with Gasteiger partial charge in [-0.1, -0.05) is 11.3 Å². The molecule has 0 bridgehead atoms. The van der Waals surface area contributed by atoms with Crippen LogP contribution < -0.4 is 0 Å². The van der Waals surface area contributed by atoms with Gasteiger partial charge in [0, 0.05) is 31.2 Å². The number of benzene rings is 1. The van der Waals surface area contributed by atoms with Crippen LogP contribution in [0.5, 0.6) is 0 Å². The van der Waals surface area contributed by atoms with Gasteiger partial charge in [0.2, 0.25) is 5.92 Å². The summed E-state index contributed by atoms with van der Waals surface area (Å²) in [5.74, 6) is -7.39. The molecule has 2 aromatic heterocycles. The standard InChI is InChI=1S/C29H33F5N4O5S/c1-14-4-5-15(2)35-22(14)26(28(41)6-8-29(33,34)9-7-28)44-27-25(42-3)23(24(40)20(13-39)43-27)38-12-19(36-37-38)16-10-17(30)21(32)18(31)11-16/h4-5,10-12,20,23-27,39-41H,6-9,13H2,1-3H3/t20-,23+,24+,25-,26-,27+/m1/s1. The predicted molar refractivity (Wildman–Crippen MR) is 149 cm³/mol. The van der Waals surface area contributed by atoms with Gasteiger partial charge in [-0.3, -0.25) is 4.98 Å². The minimum absolute atomic E-state index is 0.0315. The van der Waals surface area contributed by atoms with Crippen molar-refractivity contribution in [2.75, 3.05) is 13.7 Å². The van der Waals surface area contributed by atoms with Gasteiger partial charge in [-0.15, -0.1) is 16.9 Å². The first-order valence-electron chi connectivity index (χ1n) is 14.0. The van der Waals surface area contributed by atoms with Crippen molar-refractivity contribution >= 4 is 11.8 Å². The van der Waals surface area contributed by atoms with Crippen molar-refractivity contribution in [2.24, 2.45) is 0 Å². The molecule has 0 amide bonds. The van der Waals surface area contributed by atoms with Gasteiger partial charge in [0.25, 0.3) is 0 Å². The van der Waals surface area contributed by atoms with E-state index in [4.69, 9.17) is 9.47 Å². The van der Waals surface area contributed by atoms with Crippen molar-refractivity contribution < 1.29 is 46.7 Å². The molecule has 5 rings (SSSR count). The van der Waals surface area contributed by atoms with Crippen LogP contribution in [0.4, 0.5) is 22.0 Å². The highest BCUT2D eigenvalue weighted by molar-refractivity contribution is 8.00. The monoisotopic (exact) mass is 644 g/mol. The minimum Gasteiger partial charge on any atom is -0.394 e. The number of pyridine rings is 1. The lowest BCUT2D eigenvalue weighted by molar-refractivity contribution is -0.186. The van der Waals surface area contributed by atoms with Gasteiger partial charge in [0.1, 0.15) is 35.5 Å². The number of thioether (sulfide) groups is 1. The number of aromatic nitrogens is 4. The van der Waals surface area contributed by atoms with Crippen LogP contribution in [0.15, 0.2) is 30.5 Å². The molecule has 240 valence electrons. The third-order valence-electron chi connectivity index (χ3n) is 8.32. The van der Waals surface area contributed by atoms with Crippen LogP contribution in [0.1, 0.15) is 53.9 Å². The number of nitrogens with zero attached hydrogens (tertiary/aromatic N) is 4. The first-order valence-corrected chi connectivity index (χ1v) is 14.9. The summed E-state index contributed by atoms with van der Waals surface area (Å²) in [5, 5.41) is 40.3. The molecule has 9 nitrogen and oxygen atoms in total. The molecule has 1 aromatic carbocycles. The molecule has 1 aliphatic heterocycles. The van der Waals surface area contributed by atoms with Crippen LogP contribution in [0.3, 0.4) is 0 Å². The van der Waals surface area contributed by atoms with Crippen molar-refractivity contribution in [3.05, 3.63) is 64.9 Å². The Balaban J connectivity index is 1.52. The molecule has 3 aromatic rings. The molecular weight excluding hydrogens is 611 g/mol. The summed E-state index contributed by atoms with van der Waals surface area (Å²) in [6.45, 7) is 2.95. The van der Waals surface area contributed by atoms with Crippen molar-refractivity contribution in [3.8, 4) is 11.3 Å². The van der Waals surface area contributed by atoms with Crippen molar-refractivity contribution in [1.29, 1.82) is 0 Å². The van der Waals surface area contributed by atoms with Crippen molar-refractivity contribution in [1.82, 2.24) is 20.0 Å². The molecule has 6 atom stereocenters. The van der Waals surface area contributed by atoms with Crippen LogP contribution in [0.2, 0.25) is 0 Å². The van der Waals surface area contributed by atoms with Gasteiger partial charge < -0.3 is 24.8 Å². The van der Waals surface area contributed by atoms with E-state index in [1.807, 2.05) is 6.07 Å². The molecule has 0 spiro atoms. The molecule has 0 radical (unpaired) electrons. The van der Waals surface area contributed by atoms with Gasteiger partial charge >= 0.3 is 0 Å². The minimum atomic E-state index is -2.91. The van der Waals surface area contributed by atoms with Crippen LogP contribution in [-0.2, 0) is 9.47 Å². The predicted octanol–water partition coefficient (Wildman–Crippen LogP) is 4.42. The Labute approximate surface area is 254 Å². The average Bonchev–Trinajstić information content (AvgIpc) is 3.47. The molecule has 15 heteroatoms. The number of halogens is 5. The van der Waals surface area contributed by atoms with Gasteiger partial charge in [0.15, 0.2) is 17.5 Å². The lowest BCUT2D eigenvalue weighted by atomic mass is 9.79. The molecular formula is C29H33F5N4O5S. The van der Waals surface area contributed by atoms with Crippen LogP contribution in [-0.4, -0.2) is 84.3 Å². The molecule has 3 N–H and O–H groups in total. The number of rotatable bonds is 8. The van der Waals surface area contributed by atoms with Crippen LogP contribution >= 0.6 is 11.8 Å². The lowest BCUT2D eigenvalue weighted by Gasteiger charge is -2.47. The maximum Gasteiger partial charge on any atom is 0.248 e. The highest BCUT2D eigenvalue weighted by Gasteiger charge is 2.53. The summed E-state index contributed by atoms with van der Waals surface area (Å²) in [6.07, 6.45) is -3.76. The second kappa shape index (κ2) is 12.6. The molecule has 2 aliphatic rings. The number of ether oxygens (including phenoxy) is 2. The lowest BCUT2D eigenvalue weighted by Crippen LogP contribution is -2.56. The number of aryl methyl sites for hydroxylation is 2. The van der Waals surface area contributed by atoms with Crippen molar-refractivity contribution in [2.45, 2.75) is 86.1 Å². The van der Waals surface area contributed by atoms with E-state index >= 15 is 0 Å². The Hall–Kier alpha value is -2.69. The van der Waals surface area contributed by atoms with Gasteiger partial charge in [0.05, 0.1) is 29.3 Å². The third-order valence-corrected chi connectivity index (χ3v) is 9.90. The Kier molecular flexibility index (Phi) is 9.36. The first-order chi connectivity index (χ1) is 20.8. The highest BCUT2D eigenvalue weighted by Crippen LogP contribution is 2.53. The number of aliphatic hydroxyl groups excluding tert-OH is 2. The molecule has 2 fully saturated rings. The van der Waals surface area contributed by atoms with E-state index in [1.165, 1.54) is 18.0 Å². The number of aliphatic hydroxyl groups is 3. The normalized spacial score (nSPS) is 27.3. The van der Waals surface area contributed by atoms with Crippen LogP contribution in [0, 0.1) is 31.3 Å². The van der Waals surface area contributed by atoms with Gasteiger partial charge in [-0.2, -0.15) is 0 Å². The first kappa shape index (κ1) is 32.7. The fraction of sp³-hybridized carbons (Fsp3) is 0.552. The Morgan fingerprint density at radius 2 is 1.77 bits per heavy atom. The summed E-state index contributed by atoms with van der Waals surface area (Å²) < 4.78 is 82.8. The zero-order valence-corrected chi connectivity index (χ0v) is 24.9. The number of methoxy groups -OCH3 is 1. The quantitative estimate of drug-likeness (QED) is 0.242. The van der Waals surface area contributed by atoms with Gasteiger partial charge in [-0.25, -0.2) is 26.6 Å². The summed E-state index contributed by atoms with van der Waals surface area (Å²) in [6, 6.07) is 4.06. The van der Waals surface area contributed by atoms with E-state index in [0.717, 1.165) is 29.5 Å². The fourth-order valence-corrected chi connectivity index (χ4v) is 7.54. The molecule has 3 heterocycles. The number of alkyl halides is 2. The van der Waals surface area contributed by atoms with E-state index in [2.05, 4.69) is 15.3 Å². The smallest absolute Gasteiger partial charge is 0.248 e. The second-order valence-corrected chi connectivity index (χ2v) is 12.6. The molecule has 1 saturated heterocycles. The maximum atomic E-state index is 14.2. The number of hydrogen-bond donors (Lipinski definition) is 3. The zero-order valence-electron chi connectivity index (χ0n) is 24.1. The SMILES string of the molecule is CO[C@@H]1[C@@H](n2cc(-c3cc(F)c(F)c(F)c3)nn2)[C@@H](O)[C@@H](CO)O[C@H]1S[C@H](c1nc(C)ccc1C)C1(O)CCC(F)(F)CC1. The Morgan fingerprint density at radius 3 is 2.39 bits per heavy atom. The Bertz CT molecular complexity index is 1460. The number of hydrogen-bond acceptors (Lipinski definition) is 9. The second-order valence-electron chi connectivity index (χ2n) is 11.4. The largest absolute Gasteiger partial charge is 0.394 e. The third kappa shape index (κ3) is 6.35. The molecule has 0 unspecified atom stereocenters. The van der Waals surface area contributed by atoms with E-state index in [-0.39, 0.29) is 24.1 Å². The summed E-state index contributed by atoms with van der Waals surface area (Å²) in [5.41, 5.74) is -0.888.